The van der Waals surface area contributed by atoms with Gasteiger partial charge in [-0.05, 0) is 36.4 Å². The minimum absolute atomic E-state index is 0.0570. The summed E-state index contributed by atoms with van der Waals surface area (Å²) in [4.78, 5) is 23.7. The Hall–Kier alpha value is -2.60. The van der Waals surface area contributed by atoms with Crippen LogP contribution < -0.4 is 10.6 Å². The summed E-state index contributed by atoms with van der Waals surface area (Å²) in [5.41, 5.74) is 0.154. The predicted molar refractivity (Wildman–Crippen MR) is 113 cm³/mol. The van der Waals surface area contributed by atoms with Gasteiger partial charge in [-0.2, -0.15) is 4.31 Å². The van der Waals surface area contributed by atoms with Crippen LogP contribution in [0.3, 0.4) is 0 Å². The van der Waals surface area contributed by atoms with Crippen LogP contribution in [0.4, 0.5) is 14.5 Å². The monoisotopic (exact) mass is 487 g/mol. The Morgan fingerprint density at radius 3 is 2.50 bits per heavy atom. The van der Waals surface area contributed by atoms with Crippen molar-refractivity contribution in [2.45, 2.75) is 11.3 Å². The summed E-state index contributed by atoms with van der Waals surface area (Å²) in [7, 11) is -4.09. The molecule has 2 aromatic carbocycles. The Labute approximate surface area is 188 Å². The summed E-state index contributed by atoms with van der Waals surface area (Å²) in [5, 5.41) is 4.90. The lowest BCUT2D eigenvalue weighted by Gasteiger charge is -2.26. The van der Waals surface area contributed by atoms with Crippen molar-refractivity contribution in [3.8, 4) is 0 Å². The van der Waals surface area contributed by atoms with Gasteiger partial charge in [-0.3, -0.25) is 9.59 Å². The highest BCUT2D eigenvalue weighted by Crippen LogP contribution is 2.24. The number of nitrogens with zero attached hydrogens (tertiary/aromatic N) is 1. The van der Waals surface area contributed by atoms with Crippen molar-refractivity contribution in [3.63, 3.8) is 0 Å². The molecule has 1 aliphatic heterocycles. The highest BCUT2D eigenvalue weighted by Gasteiger charge is 2.29. The lowest BCUT2D eigenvalue weighted by molar-refractivity contribution is -0.116. The Balaban J connectivity index is 1.59. The molecular weight excluding hydrogens is 468 g/mol. The Morgan fingerprint density at radius 1 is 1.09 bits per heavy atom. The number of morpholine rings is 1. The van der Waals surface area contributed by atoms with Crippen molar-refractivity contribution in [1.82, 2.24) is 9.62 Å². The third-order valence-corrected chi connectivity index (χ3v) is 6.84. The van der Waals surface area contributed by atoms with E-state index in [0.717, 1.165) is 28.6 Å². The third kappa shape index (κ3) is 5.80. The summed E-state index contributed by atoms with van der Waals surface area (Å²) in [6.07, 6.45) is -0.145. The summed E-state index contributed by atoms with van der Waals surface area (Å²) in [5.74, 6) is -2.63. The molecule has 172 valence electrons. The third-order valence-electron chi connectivity index (χ3n) is 4.62. The van der Waals surface area contributed by atoms with E-state index in [2.05, 4.69) is 10.6 Å². The summed E-state index contributed by atoms with van der Waals surface area (Å²) >= 11 is 5.82. The summed E-state index contributed by atoms with van der Waals surface area (Å²) in [6.45, 7) is 0.586. The molecule has 8 nitrogen and oxygen atoms in total. The van der Waals surface area contributed by atoms with Gasteiger partial charge in [-0.25, -0.2) is 17.2 Å². The van der Waals surface area contributed by atoms with Crippen molar-refractivity contribution in [2.24, 2.45) is 0 Å². The smallest absolute Gasteiger partial charge is 0.252 e. The number of anilines is 1. The largest absolute Gasteiger partial charge is 0.379 e. The average Bonchev–Trinajstić information content (AvgIpc) is 2.75. The number of nitrogens with one attached hydrogen (secondary N) is 2. The highest BCUT2D eigenvalue weighted by molar-refractivity contribution is 7.89. The molecule has 1 fully saturated rings. The molecule has 1 aliphatic rings. The molecule has 1 saturated heterocycles. The molecule has 1 heterocycles. The van der Waals surface area contributed by atoms with E-state index >= 15 is 0 Å². The molecule has 32 heavy (non-hydrogen) atoms. The van der Waals surface area contributed by atoms with Gasteiger partial charge in [0, 0.05) is 31.7 Å². The van der Waals surface area contributed by atoms with Crippen molar-refractivity contribution in [3.05, 3.63) is 58.6 Å². The molecule has 2 amide bonds. The number of halogens is 3. The second-order valence-electron chi connectivity index (χ2n) is 6.84. The van der Waals surface area contributed by atoms with Gasteiger partial charge in [0.15, 0.2) is 0 Å². The van der Waals surface area contributed by atoms with Crippen molar-refractivity contribution in [1.29, 1.82) is 0 Å². The first-order valence-electron chi connectivity index (χ1n) is 9.59. The maximum Gasteiger partial charge on any atom is 0.252 e. The van der Waals surface area contributed by atoms with Gasteiger partial charge in [-0.1, -0.05) is 11.6 Å². The number of hydrogen-bond acceptors (Lipinski definition) is 5. The van der Waals surface area contributed by atoms with Crippen LogP contribution in [0.25, 0.3) is 0 Å². The predicted octanol–water partition coefficient (Wildman–Crippen LogP) is 2.40. The maximum atomic E-state index is 14.2. The van der Waals surface area contributed by atoms with E-state index < -0.39 is 38.4 Å². The van der Waals surface area contributed by atoms with Crippen molar-refractivity contribution in [2.75, 3.05) is 38.2 Å². The van der Waals surface area contributed by atoms with Crippen LogP contribution in [0, 0.1) is 11.6 Å². The van der Waals surface area contributed by atoms with Crippen LogP contribution in [0.2, 0.25) is 5.02 Å². The van der Waals surface area contributed by atoms with Gasteiger partial charge in [0.2, 0.25) is 15.9 Å². The van der Waals surface area contributed by atoms with E-state index in [4.69, 9.17) is 16.3 Å². The lowest BCUT2D eigenvalue weighted by Crippen LogP contribution is -2.40. The second kappa shape index (κ2) is 10.3. The zero-order chi connectivity index (χ0) is 23.3. The van der Waals surface area contributed by atoms with E-state index in [1.165, 1.54) is 12.1 Å². The van der Waals surface area contributed by atoms with E-state index in [1.807, 2.05) is 0 Å². The van der Waals surface area contributed by atoms with E-state index in [9.17, 15) is 26.8 Å². The molecule has 0 spiro atoms. The topological polar surface area (TPSA) is 105 Å². The number of hydrogen-bond donors (Lipinski definition) is 2. The normalized spacial score (nSPS) is 14.7. The molecule has 0 atom stereocenters. The molecule has 0 aliphatic carbocycles. The Morgan fingerprint density at radius 2 is 1.81 bits per heavy atom. The first-order valence-corrected chi connectivity index (χ1v) is 11.4. The van der Waals surface area contributed by atoms with Gasteiger partial charge >= 0.3 is 0 Å². The molecule has 2 N–H and O–H groups in total. The van der Waals surface area contributed by atoms with Crippen LogP contribution in [0.5, 0.6) is 0 Å². The molecule has 0 saturated carbocycles. The maximum absolute atomic E-state index is 14.2. The first kappa shape index (κ1) is 24.1. The Bertz CT molecular complexity index is 1120. The molecule has 0 radical (unpaired) electrons. The van der Waals surface area contributed by atoms with Crippen molar-refractivity contribution >= 4 is 39.1 Å². The SMILES string of the molecule is O=C(CCNC(=O)c1ccc(F)cc1Cl)Nc1ccc(F)c(S(=O)(=O)N2CCOCC2)c1. The molecule has 3 rings (SSSR count). The molecule has 12 heteroatoms. The zero-order valence-electron chi connectivity index (χ0n) is 16.7. The average molecular weight is 488 g/mol. The van der Waals surface area contributed by atoms with E-state index in [0.29, 0.717) is 0 Å². The summed E-state index contributed by atoms with van der Waals surface area (Å²) < 4.78 is 59.0. The second-order valence-corrected chi connectivity index (χ2v) is 9.15. The lowest BCUT2D eigenvalue weighted by atomic mass is 10.2. The number of carbonyl (C=O) groups is 2. The van der Waals surface area contributed by atoms with Crippen LogP contribution in [0.1, 0.15) is 16.8 Å². The van der Waals surface area contributed by atoms with Gasteiger partial charge in [0.05, 0.1) is 23.8 Å². The fraction of sp³-hybridized carbons (Fsp3) is 0.300. The van der Waals surface area contributed by atoms with Crippen LogP contribution in [-0.4, -0.2) is 57.4 Å². The number of amides is 2. The minimum atomic E-state index is -4.09. The number of ether oxygens (including phenoxy) is 1. The number of rotatable bonds is 7. The van der Waals surface area contributed by atoms with E-state index in [-0.39, 0.29) is 55.5 Å². The summed E-state index contributed by atoms with van der Waals surface area (Å²) in [6, 6.07) is 6.56. The van der Waals surface area contributed by atoms with Gasteiger partial charge in [-0.15, -0.1) is 0 Å². The number of benzene rings is 2. The van der Waals surface area contributed by atoms with Crippen LogP contribution >= 0.6 is 11.6 Å². The van der Waals surface area contributed by atoms with Gasteiger partial charge in [0.25, 0.3) is 5.91 Å². The zero-order valence-corrected chi connectivity index (χ0v) is 18.3. The highest BCUT2D eigenvalue weighted by atomic mass is 35.5. The van der Waals surface area contributed by atoms with Crippen LogP contribution in [0.15, 0.2) is 41.3 Å². The fourth-order valence-corrected chi connectivity index (χ4v) is 4.74. The van der Waals surface area contributed by atoms with Crippen molar-refractivity contribution < 1.29 is 31.5 Å². The minimum Gasteiger partial charge on any atom is -0.379 e. The molecule has 0 aromatic heterocycles. The number of sulfonamides is 1. The quantitative estimate of drug-likeness (QED) is 0.624. The molecule has 2 aromatic rings. The molecular formula is C20H20ClF2N3O5S. The molecule has 0 bridgehead atoms. The van der Waals surface area contributed by atoms with Crippen LogP contribution in [-0.2, 0) is 19.6 Å². The van der Waals surface area contributed by atoms with E-state index in [1.54, 1.807) is 0 Å². The standard InChI is InChI=1S/C20H20ClF2N3O5S/c21-16-11-13(22)1-3-15(16)20(28)24-6-5-19(27)25-14-2-4-17(23)18(12-14)32(29,30)26-7-9-31-10-8-26/h1-4,11-12H,5-10H2,(H,24,28)(H,25,27). The Kier molecular flexibility index (Phi) is 7.77. The first-order chi connectivity index (χ1) is 15.2. The number of carbonyl (C=O) groups excluding carboxylic acids is 2. The van der Waals surface area contributed by atoms with Gasteiger partial charge < -0.3 is 15.4 Å². The molecule has 0 unspecified atom stereocenters. The van der Waals surface area contributed by atoms with Gasteiger partial charge in [0.1, 0.15) is 16.5 Å². The fourth-order valence-electron chi connectivity index (χ4n) is 2.99.